The number of nitrogens with two attached hydrogens (primary N) is 1. The number of rotatable bonds is 6. The molecule has 4 N–H and O–H groups in total. The lowest BCUT2D eigenvalue weighted by atomic mass is 9.92. The summed E-state index contributed by atoms with van der Waals surface area (Å²) < 4.78 is 1.93. The zero-order chi connectivity index (χ0) is 27.5. The average molecular weight is 535 g/mol. The Balaban J connectivity index is 1.14. The molecule has 0 spiro atoms. The first-order valence-electron chi connectivity index (χ1n) is 13.3. The van der Waals surface area contributed by atoms with Crippen molar-refractivity contribution in [3.8, 4) is 17.1 Å². The molecular formula is C29H30N10O. The number of carbonyl (C=O) groups is 1. The fraction of sp³-hybridized carbons (Fsp3) is 0.241. The van der Waals surface area contributed by atoms with Crippen LogP contribution in [0.4, 0.5) is 22.4 Å². The van der Waals surface area contributed by atoms with Crippen LogP contribution in [0.3, 0.4) is 0 Å². The number of hydrogen-bond donors (Lipinski definition) is 3. The van der Waals surface area contributed by atoms with Crippen LogP contribution in [0.1, 0.15) is 19.8 Å². The van der Waals surface area contributed by atoms with Crippen LogP contribution in [0.2, 0.25) is 0 Å². The van der Waals surface area contributed by atoms with Gasteiger partial charge in [0.2, 0.25) is 11.9 Å². The molecule has 202 valence electrons. The molecule has 2 amide bonds. The summed E-state index contributed by atoms with van der Waals surface area (Å²) in [5, 5.41) is 6.46. The van der Waals surface area contributed by atoms with Crippen molar-refractivity contribution < 1.29 is 4.79 Å². The third-order valence-corrected chi connectivity index (χ3v) is 7.24. The molecule has 6 rings (SSSR count). The lowest BCUT2D eigenvalue weighted by Gasteiger charge is -2.36. The number of carbonyl (C=O) groups excluding carboxylic acids is 1. The Morgan fingerprint density at radius 1 is 1.02 bits per heavy atom. The van der Waals surface area contributed by atoms with Crippen LogP contribution in [0.5, 0.6) is 0 Å². The van der Waals surface area contributed by atoms with Gasteiger partial charge >= 0.3 is 6.03 Å². The average Bonchev–Trinajstić information content (AvgIpc) is 3.41. The number of nitrogens with one attached hydrogen (secondary N) is 2. The van der Waals surface area contributed by atoms with Crippen molar-refractivity contribution in [3.05, 3.63) is 79.4 Å². The van der Waals surface area contributed by atoms with E-state index in [4.69, 9.17) is 10.7 Å². The molecule has 3 aromatic heterocycles. The fourth-order valence-corrected chi connectivity index (χ4v) is 5.09. The summed E-state index contributed by atoms with van der Waals surface area (Å²) in [6, 6.07) is 19.2. The predicted octanol–water partition coefficient (Wildman–Crippen LogP) is 4.60. The van der Waals surface area contributed by atoms with E-state index < -0.39 is 0 Å². The molecule has 5 aromatic rings. The van der Waals surface area contributed by atoms with Gasteiger partial charge < -0.3 is 21.3 Å². The number of imidazole rings is 1. The number of piperidine rings is 1. The summed E-state index contributed by atoms with van der Waals surface area (Å²) in [7, 11) is 0. The van der Waals surface area contributed by atoms with E-state index in [1.807, 2.05) is 70.1 Å². The topological polar surface area (TPSA) is 140 Å². The van der Waals surface area contributed by atoms with Gasteiger partial charge in [0.05, 0.1) is 16.7 Å². The third kappa shape index (κ3) is 5.39. The molecule has 11 heteroatoms. The highest BCUT2D eigenvalue weighted by Gasteiger charge is 2.28. The Hall–Kier alpha value is -5.06. The first-order valence-corrected chi connectivity index (χ1v) is 13.3. The molecule has 2 aromatic carbocycles. The van der Waals surface area contributed by atoms with Crippen LogP contribution in [0.25, 0.3) is 28.1 Å². The van der Waals surface area contributed by atoms with Gasteiger partial charge in [0, 0.05) is 42.8 Å². The maximum Gasteiger partial charge on any atom is 0.321 e. The Labute approximate surface area is 231 Å². The number of likely N-dealkylation sites (tertiary alicyclic amines) is 1. The van der Waals surface area contributed by atoms with E-state index in [1.54, 1.807) is 18.7 Å². The number of aromatic nitrogens is 6. The van der Waals surface area contributed by atoms with Crippen molar-refractivity contribution in [2.45, 2.75) is 25.8 Å². The number of nitrogens with zero attached hydrogens (tertiary/aromatic N) is 7. The van der Waals surface area contributed by atoms with E-state index in [1.165, 1.54) is 0 Å². The quantitative estimate of drug-likeness (QED) is 0.287. The van der Waals surface area contributed by atoms with Crippen LogP contribution in [0, 0.1) is 5.92 Å². The fourth-order valence-electron chi connectivity index (χ4n) is 5.09. The number of urea groups is 1. The number of hydrogen-bond acceptors (Lipinski definition) is 8. The molecule has 2 unspecified atom stereocenters. The SMILES string of the molecule is CC(Nc1nccc(-n2cnc3cc(-c4ccnc(N)n4)ccc32)n1)C1CCCN(C(=O)Nc2ccccc2)C1. The minimum absolute atomic E-state index is 0.0697. The summed E-state index contributed by atoms with van der Waals surface area (Å²) in [5.41, 5.74) is 9.92. The summed E-state index contributed by atoms with van der Waals surface area (Å²) in [6.07, 6.45) is 7.10. The summed E-state index contributed by atoms with van der Waals surface area (Å²) in [4.78, 5) is 36.8. The monoisotopic (exact) mass is 534 g/mol. The van der Waals surface area contributed by atoms with E-state index in [0.717, 1.165) is 47.4 Å². The molecule has 0 saturated carbocycles. The molecule has 1 aliphatic heterocycles. The minimum atomic E-state index is -0.0697. The summed E-state index contributed by atoms with van der Waals surface area (Å²) in [5.74, 6) is 1.74. The smallest absolute Gasteiger partial charge is 0.321 e. The molecule has 1 aliphatic rings. The van der Waals surface area contributed by atoms with Gasteiger partial charge in [-0.15, -0.1) is 0 Å². The first kappa shape index (κ1) is 25.2. The molecule has 1 saturated heterocycles. The Morgan fingerprint density at radius 3 is 2.73 bits per heavy atom. The van der Waals surface area contributed by atoms with Crippen molar-refractivity contribution in [1.29, 1.82) is 0 Å². The van der Waals surface area contributed by atoms with E-state index >= 15 is 0 Å². The van der Waals surface area contributed by atoms with Gasteiger partial charge in [-0.2, -0.15) is 4.98 Å². The van der Waals surface area contributed by atoms with E-state index in [-0.39, 0.29) is 23.9 Å². The Morgan fingerprint density at radius 2 is 1.88 bits per heavy atom. The third-order valence-electron chi connectivity index (χ3n) is 7.24. The zero-order valence-electron chi connectivity index (χ0n) is 22.1. The van der Waals surface area contributed by atoms with Crippen LogP contribution < -0.4 is 16.4 Å². The van der Waals surface area contributed by atoms with Gasteiger partial charge in [-0.05, 0) is 62.1 Å². The van der Waals surface area contributed by atoms with Gasteiger partial charge in [-0.1, -0.05) is 24.3 Å². The second-order valence-corrected chi connectivity index (χ2v) is 9.93. The number of nitrogen functional groups attached to an aromatic ring is 1. The normalized spacial score (nSPS) is 16.0. The molecular weight excluding hydrogens is 504 g/mol. The molecule has 11 nitrogen and oxygen atoms in total. The molecule has 4 heterocycles. The molecule has 0 bridgehead atoms. The van der Waals surface area contributed by atoms with Gasteiger partial charge in [0.25, 0.3) is 0 Å². The van der Waals surface area contributed by atoms with Crippen molar-refractivity contribution in [3.63, 3.8) is 0 Å². The highest BCUT2D eigenvalue weighted by atomic mass is 16.2. The van der Waals surface area contributed by atoms with Gasteiger partial charge in [0.1, 0.15) is 12.1 Å². The maximum atomic E-state index is 12.8. The standard InChI is InChI=1S/C29H30N10O/c1-19(21-6-5-15-38(17-21)29(40)35-22-7-3-2-4-8-22)34-28-32-14-12-26(37-28)39-18-33-24-16-20(9-10-25(24)39)23-11-13-31-27(30)36-23/h2-4,7-14,16,18-19,21H,5-6,15,17H2,1H3,(H,35,40)(H2,30,31,36)(H,32,34,37). The first-order chi connectivity index (χ1) is 19.5. The molecule has 40 heavy (non-hydrogen) atoms. The highest BCUT2D eigenvalue weighted by Crippen LogP contribution is 2.25. The van der Waals surface area contributed by atoms with Gasteiger partial charge in [-0.25, -0.2) is 24.7 Å². The maximum absolute atomic E-state index is 12.8. The van der Waals surface area contributed by atoms with Crippen LogP contribution in [-0.4, -0.2) is 59.5 Å². The van der Waals surface area contributed by atoms with Gasteiger partial charge in [0.15, 0.2) is 0 Å². The molecule has 0 aliphatic carbocycles. The second-order valence-electron chi connectivity index (χ2n) is 9.93. The Bertz CT molecular complexity index is 1640. The van der Waals surface area contributed by atoms with E-state index in [9.17, 15) is 4.79 Å². The van der Waals surface area contributed by atoms with Gasteiger partial charge in [-0.3, -0.25) is 4.57 Å². The number of amides is 2. The summed E-state index contributed by atoms with van der Waals surface area (Å²) >= 11 is 0. The zero-order valence-corrected chi connectivity index (χ0v) is 22.1. The predicted molar refractivity (Wildman–Crippen MR) is 155 cm³/mol. The number of para-hydroxylation sites is 1. The van der Waals surface area contributed by atoms with E-state index in [2.05, 4.69) is 37.5 Å². The number of fused-ring (bicyclic) bond motifs is 1. The highest BCUT2D eigenvalue weighted by molar-refractivity contribution is 5.89. The van der Waals surface area contributed by atoms with E-state index in [0.29, 0.717) is 18.3 Å². The van der Waals surface area contributed by atoms with Crippen LogP contribution in [-0.2, 0) is 0 Å². The lowest BCUT2D eigenvalue weighted by Crippen LogP contribution is -2.46. The van der Waals surface area contributed by atoms with Crippen LogP contribution >= 0.6 is 0 Å². The molecule has 0 radical (unpaired) electrons. The minimum Gasteiger partial charge on any atom is -0.368 e. The van der Waals surface area contributed by atoms with Crippen LogP contribution in [0.15, 0.2) is 79.4 Å². The lowest BCUT2D eigenvalue weighted by molar-refractivity contribution is 0.172. The Kier molecular flexibility index (Phi) is 6.92. The molecule has 2 atom stereocenters. The largest absolute Gasteiger partial charge is 0.368 e. The summed E-state index contributed by atoms with van der Waals surface area (Å²) in [6.45, 7) is 3.53. The van der Waals surface area contributed by atoms with Crippen molar-refractivity contribution >= 4 is 34.6 Å². The second kappa shape index (κ2) is 11.0. The van der Waals surface area contributed by atoms with Crippen molar-refractivity contribution in [2.75, 3.05) is 29.5 Å². The van der Waals surface area contributed by atoms with Crippen molar-refractivity contribution in [1.82, 2.24) is 34.4 Å². The number of anilines is 3. The molecule has 1 fully saturated rings. The number of benzene rings is 2. The van der Waals surface area contributed by atoms with Crippen molar-refractivity contribution in [2.24, 2.45) is 5.92 Å².